The first-order valence-electron chi connectivity index (χ1n) is 8.09. The number of rotatable bonds is 7. The fraction of sp³-hybridized carbons (Fsp3) is 0.200. The van der Waals surface area contributed by atoms with Crippen LogP contribution in [0.25, 0.3) is 0 Å². The Kier molecular flexibility index (Phi) is 6.13. The van der Waals surface area contributed by atoms with Gasteiger partial charge < -0.3 is 0 Å². The third-order valence-corrected chi connectivity index (χ3v) is 6.85. The van der Waals surface area contributed by atoms with Crippen LogP contribution < -0.4 is 0 Å². The molecule has 0 unspecified atom stereocenters. The summed E-state index contributed by atoms with van der Waals surface area (Å²) >= 11 is 0. The van der Waals surface area contributed by atoms with Crippen molar-refractivity contribution in [1.29, 1.82) is 0 Å². The van der Waals surface area contributed by atoms with Crippen LogP contribution in [0.1, 0.15) is 24.0 Å². The summed E-state index contributed by atoms with van der Waals surface area (Å²) in [4.78, 5) is -0.451. The van der Waals surface area contributed by atoms with E-state index in [2.05, 4.69) is 13.2 Å². The molecule has 0 spiro atoms. The fourth-order valence-electron chi connectivity index (χ4n) is 3.03. The van der Waals surface area contributed by atoms with E-state index < -0.39 is 48.4 Å². The molecular formula is C20H17F5O2S. The molecule has 8 heteroatoms. The summed E-state index contributed by atoms with van der Waals surface area (Å²) in [6.07, 6.45) is -2.78. The number of sulfone groups is 1. The summed E-state index contributed by atoms with van der Waals surface area (Å²) in [5.74, 6) is -1.81. The van der Waals surface area contributed by atoms with Gasteiger partial charge in [-0.15, -0.1) is 13.2 Å². The molecule has 28 heavy (non-hydrogen) atoms. The van der Waals surface area contributed by atoms with E-state index in [0.29, 0.717) is 12.1 Å². The highest BCUT2D eigenvalue weighted by molar-refractivity contribution is 7.92. The average molecular weight is 416 g/mol. The summed E-state index contributed by atoms with van der Waals surface area (Å²) in [6, 6.07) is 5.27. The maximum Gasteiger partial charge on any atom is 0.416 e. The highest BCUT2D eigenvalue weighted by Crippen LogP contribution is 2.44. The Bertz CT molecular complexity index is 967. The summed E-state index contributed by atoms with van der Waals surface area (Å²) in [5.41, 5.74) is -1.46. The molecule has 2 aromatic carbocycles. The van der Waals surface area contributed by atoms with Crippen molar-refractivity contribution in [3.05, 3.63) is 90.5 Å². The van der Waals surface area contributed by atoms with Gasteiger partial charge in [-0.3, -0.25) is 0 Å². The van der Waals surface area contributed by atoms with Crippen LogP contribution in [-0.2, 0) is 20.8 Å². The van der Waals surface area contributed by atoms with Gasteiger partial charge in [-0.1, -0.05) is 12.2 Å². The van der Waals surface area contributed by atoms with Gasteiger partial charge in [0.25, 0.3) is 0 Å². The minimum atomic E-state index is -4.64. The van der Waals surface area contributed by atoms with Gasteiger partial charge in [0.1, 0.15) is 16.4 Å². The molecule has 2 aromatic rings. The molecular weight excluding hydrogens is 399 g/mol. The Morgan fingerprint density at radius 1 is 0.893 bits per heavy atom. The number of alkyl halides is 3. The van der Waals surface area contributed by atoms with Gasteiger partial charge in [0, 0.05) is 5.56 Å². The molecule has 150 valence electrons. The van der Waals surface area contributed by atoms with Gasteiger partial charge in [0.2, 0.25) is 0 Å². The van der Waals surface area contributed by atoms with Gasteiger partial charge in [0.15, 0.2) is 9.84 Å². The van der Waals surface area contributed by atoms with Gasteiger partial charge in [-0.2, -0.15) is 13.2 Å². The summed E-state index contributed by atoms with van der Waals surface area (Å²) < 4.78 is 91.5. The number of benzene rings is 2. The molecule has 0 atom stereocenters. The van der Waals surface area contributed by atoms with E-state index in [-0.39, 0.29) is 12.8 Å². The highest BCUT2D eigenvalue weighted by Gasteiger charge is 2.46. The zero-order valence-corrected chi connectivity index (χ0v) is 15.5. The SMILES string of the molecule is C=CCC(CC=C)(c1cc(F)ccc1F)S(=O)(=O)c1ccc(C(F)(F)F)cc1. The Morgan fingerprint density at radius 3 is 1.89 bits per heavy atom. The van der Waals surface area contributed by atoms with E-state index in [1.54, 1.807) is 0 Å². The minimum absolute atomic E-state index is 0.303. The molecule has 0 aliphatic carbocycles. The zero-order valence-electron chi connectivity index (χ0n) is 14.6. The first-order chi connectivity index (χ1) is 13.0. The zero-order chi connectivity index (χ0) is 21.2. The highest BCUT2D eigenvalue weighted by atomic mass is 32.2. The van der Waals surface area contributed by atoms with E-state index in [1.165, 1.54) is 12.2 Å². The molecule has 2 rings (SSSR count). The topological polar surface area (TPSA) is 34.1 Å². The van der Waals surface area contributed by atoms with E-state index in [0.717, 1.165) is 30.3 Å². The number of hydrogen-bond donors (Lipinski definition) is 0. The van der Waals surface area contributed by atoms with Crippen LogP contribution >= 0.6 is 0 Å². The lowest BCUT2D eigenvalue weighted by Gasteiger charge is -2.32. The molecule has 0 saturated heterocycles. The lowest BCUT2D eigenvalue weighted by atomic mass is 9.90. The van der Waals surface area contributed by atoms with Gasteiger partial charge in [-0.05, 0) is 55.3 Å². The largest absolute Gasteiger partial charge is 0.416 e. The van der Waals surface area contributed by atoms with Crippen molar-refractivity contribution in [3.8, 4) is 0 Å². The Morgan fingerprint density at radius 2 is 1.43 bits per heavy atom. The van der Waals surface area contributed by atoms with Crippen molar-refractivity contribution in [2.24, 2.45) is 0 Å². The lowest BCUT2D eigenvalue weighted by molar-refractivity contribution is -0.137. The Balaban J connectivity index is 2.76. The molecule has 0 radical (unpaired) electrons. The van der Waals surface area contributed by atoms with Crippen LogP contribution in [-0.4, -0.2) is 8.42 Å². The summed E-state index contributed by atoms with van der Waals surface area (Å²) in [6.45, 7) is 6.99. The van der Waals surface area contributed by atoms with E-state index in [1.807, 2.05) is 0 Å². The Hall–Kier alpha value is -2.48. The van der Waals surface area contributed by atoms with Gasteiger partial charge in [-0.25, -0.2) is 17.2 Å². The van der Waals surface area contributed by atoms with Crippen molar-refractivity contribution in [2.75, 3.05) is 0 Å². The van der Waals surface area contributed by atoms with Crippen LogP contribution in [0.2, 0.25) is 0 Å². The monoisotopic (exact) mass is 416 g/mol. The summed E-state index contributed by atoms with van der Waals surface area (Å²) in [7, 11) is -4.46. The molecule has 0 saturated carbocycles. The molecule has 0 bridgehead atoms. The lowest BCUT2D eigenvalue weighted by Crippen LogP contribution is -2.36. The second kappa shape index (κ2) is 7.87. The quantitative estimate of drug-likeness (QED) is 0.422. The van der Waals surface area contributed by atoms with Crippen molar-refractivity contribution in [1.82, 2.24) is 0 Å². The predicted octanol–water partition coefficient (Wildman–Crippen LogP) is 5.81. The van der Waals surface area contributed by atoms with Crippen LogP contribution in [0.5, 0.6) is 0 Å². The maximum atomic E-state index is 14.5. The average Bonchev–Trinajstić information content (AvgIpc) is 2.62. The van der Waals surface area contributed by atoms with E-state index >= 15 is 0 Å². The smallest absolute Gasteiger partial charge is 0.223 e. The molecule has 0 N–H and O–H groups in total. The third-order valence-electron chi connectivity index (χ3n) is 4.37. The minimum Gasteiger partial charge on any atom is -0.223 e. The maximum absolute atomic E-state index is 14.5. The van der Waals surface area contributed by atoms with Crippen molar-refractivity contribution < 1.29 is 30.4 Å². The van der Waals surface area contributed by atoms with Crippen molar-refractivity contribution in [3.63, 3.8) is 0 Å². The molecule has 0 amide bonds. The van der Waals surface area contributed by atoms with Crippen LogP contribution in [0.3, 0.4) is 0 Å². The predicted molar refractivity (Wildman–Crippen MR) is 96.3 cm³/mol. The molecule has 0 heterocycles. The number of allylic oxidation sites excluding steroid dienone is 2. The third kappa shape index (κ3) is 3.87. The second-order valence-electron chi connectivity index (χ2n) is 6.13. The summed E-state index contributed by atoms with van der Waals surface area (Å²) in [5, 5.41) is 0. The van der Waals surface area contributed by atoms with Crippen LogP contribution in [0, 0.1) is 11.6 Å². The van der Waals surface area contributed by atoms with Gasteiger partial charge in [0.05, 0.1) is 10.5 Å². The number of halogens is 5. The van der Waals surface area contributed by atoms with Crippen molar-refractivity contribution in [2.45, 2.75) is 28.7 Å². The first kappa shape index (κ1) is 21.8. The first-order valence-corrected chi connectivity index (χ1v) is 9.57. The van der Waals surface area contributed by atoms with Crippen LogP contribution in [0.15, 0.2) is 72.7 Å². The molecule has 0 aromatic heterocycles. The molecule has 0 aliphatic rings. The molecule has 0 aliphatic heterocycles. The van der Waals surface area contributed by atoms with Crippen molar-refractivity contribution >= 4 is 9.84 Å². The normalized spacial score (nSPS) is 12.6. The van der Waals surface area contributed by atoms with Crippen LogP contribution in [0.4, 0.5) is 22.0 Å². The molecule has 0 fully saturated rings. The molecule has 2 nitrogen and oxygen atoms in total. The van der Waals surface area contributed by atoms with E-state index in [4.69, 9.17) is 0 Å². The van der Waals surface area contributed by atoms with E-state index in [9.17, 15) is 30.4 Å². The van der Waals surface area contributed by atoms with Gasteiger partial charge >= 0.3 is 6.18 Å². The number of hydrogen-bond acceptors (Lipinski definition) is 2. The second-order valence-corrected chi connectivity index (χ2v) is 8.39. The fourth-order valence-corrected chi connectivity index (χ4v) is 5.10. The standard InChI is InChI=1S/C20H17F5O2S/c1-3-11-19(12-4-2,17-13-15(21)7-10-18(17)22)28(26,27)16-8-5-14(6-9-16)20(23,24)25/h3-10,13H,1-2,11-12H2. The Labute approximate surface area is 159 Å².